The number of aromatic amines is 1. The normalized spacial score (nSPS) is 14.2. The van der Waals surface area contributed by atoms with Crippen molar-refractivity contribution in [1.82, 2.24) is 9.88 Å². The zero-order chi connectivity index (χ0) is 14.3. The lowest BCUT2D eigenvalue weighted by Gasteiger charge is -2.27. The Morgan fingerprint density at radius 1 is 1.25 bits per heavy atom. The summed E-state index contributed by atoms with van der Waals surface area (Å²) in [6, 6.07) is 7.99. The van der Waals surface area contributed by atoms with Gasteiger partial charge in [-0.05, 0) is 64.7 Å². The number of halogens is 1. The van der Waals surface area contributed by atoms with E-state index < -0.39 is 0 Å². The van der Waals surface area contributed by atoms with Gasteiger partial charge in [-0.1, -0.05) is 6.07 Å². The standard InChI is InChI=1S/C16H17BrN2O/c1-10-3-4-12(7-11(10)2)16(20)19-6-5-14-13(9-19)8-15(17)18-14/h3-4,7-8,18H,5-6,9H2,1-2H3. The van der Waals surface area contributed by atoms with E-state index in [0.717, 1.165) is 28.7 Å². The van der Waals surface area contributed by atoms with E-state index in [1.165, 1.54) is 16.8 Å². The first-order valence-electron chi connectivity index (χ1n) is 6.77. The van der Waals surface area contributed by atoms with E-state index in [9.17, 15) is 4.79 Å². The molecule has 0 saturated heterocycles. The number of amides is 1. The highest BCUT2D eigenvalue weighted by molar-refractivity contribution is 9.10. The molecular weight excluding hydrogens is 316 g/mol. The van der Waals surface area contributed by atoms with Crippen LogP contribution in [0, 0.1) is 13.8 Å². The van der Waals surface area contributed by atoms with Crippen LogP contribution in [0.4, 0.5) is 0 Å². The highest BCUT2D eigenvalue weighted by atomic mass is 79.9. The molecule has 1 aliphatic heterocycles. The minimum absolute atomic E-state index is 0.121. The molecule has 0 atom stereocenters. The summed E-state index contributed by atoms with van der Waals surface area (Å²) in [5, 5.41) is 0. The van der Waals surface area contributed by atoms with Crippen LogP contribution in [-0.4, -0.2) is 22.3 Å². The summed E-state index contributed by atoms with van der Waals surface area (Å²) >= 11 is 3.45. The smallest absolute Gasteiger partial charge is 0.254 e. The lowest BCUT2D eigenvalue weighted by Crippen LogP contribution is -2.35. The summed E-state index contributed by atoms with van der Waals surface area (Å²) in [5.74, 6) is 0.121. The molecule has 104 valence electrons. The van der Waals surface area contributed by atoms with Gasteiger partial charge in [0.2, 0.25) is 0 Å². The fraction of sp³-hybridized carbons (Fsp3) is 0.312. The second kappa shape index (κ2) is 5.09. The Bertz CT molecular complexity index is 675. The molecule has 1 aromatic carbocycles. The summed E-state index contributed by atoms with van der Waals surface area (Å²) in [6.07, 6.45) is 0.886. The van der Waals surface area contributed by atoms with Crippen LogP contribution in [-0.2, 0) is 13.0 Å². The maximum absolute atomic E-state index is 12.6. The maximum atomic E-state index is 12.6. The van der Waals surface area contributed by atoms with Crippen LogP contribution >= 0.6 is 15.9 Å². The fourth-order valence-corrected chi connectivity index (χ4v) is 3.14. The lowest BCUT2D eigenvalue weighted by molar-refractivity contribution is 0.0734. The third-order valence-electron chi connectivity index (χ3n) is 3.99. The summed E-state index contributed by atoms with van der Waals surface area (Å²) in [6.45, 7) is 5.56. The van der Waals surface area contributed by atoms with Crippen LogP contribution in [0.25, 0.3) is 0 Å². The van der Waals surface area contributed by atoms with Gasteiger partial charge in [-0.25, -0.2) is 0 Å². The Kier molecular flexibility index (Phi) is 3.42. The van der Waals surface area contributed by atoms with Crippen molar-refractivity contribution in [2.45, 2.75) is 26.8 Å². The van der Waals surface area contributed by atoms with Crippen molar-refractivity contribution in [3.63, 3.8) is 0 Å². The van der Waals surface area contributed by atoms with Crippen LogP contribution in [0.1, 0.15) is 32.7 Å². The van der Waals surface area contributed by atoms with Crippen molar-refractivity contribution in [1.29, 1.82) is 0 Å². The summed E-state index contributed by atoms with van der Waals surface area (Å²) in [4.78, 5) is 17.8. The number of benzene rings is 1. The lowest BCUT2D eigenvalue weighted by atomic mass is 10.0. The predicted molar refractivity (Wildman–Crippen MR) is 82.9 cm³/mol. The van der Waals surface area contributed by atoms with Crippen molar-refractivity contribution in [2.24, 2.45) is 0 Å². The monoisotopic (exact) mass is 332 g/mol. The molecule has 1 aliphatic rings. The second-order valence-electron chi connectivity index (χ2n) is 5.40. The second-order valence-corrected chi connectivity index (χ2v) is 6.25. The SMILES string of the molecule is Cc1ccc(C(=O)N2CCc3[nH]c(Br)cc3C2)cc1C. The first-order chi connectivity index (χ1) is 9.54. The first kappa shape index (κ1) is 13.4. The summed E-state index contributed by atoms with van der Waals surface area (Å²) in [5.41, 5.74) is 5.61. The molecule has 0 saturated carbocycles. The first-order valence-corrected chi connectivity index (χ1v) is 7.56. The number of hydrogen-bond acceptors (Lipinski definition) is 1. The molecule has 1 N–H and O–H groups in total. The molecule has 3 rings (SSSR count). The Morgan fingerprint density at radius 3 is 2.80 bits per heavy atom. The van der Waals surface area contributed by atoms with Gasteiger partial charge in [0.15, 0.2) is 0 Å². The third-order valence-corrected chi connectivity index (χ3v) is 4.42. The van der Waals surface area contributed by atoms with E-state index in [1.54, 1.807) is 0 Å². The Morgan fingerprint density at radius 2 is 2.05 bits per heavy atom. The van der Waals surface area contributed by atoms with Crippen molar-refractivity contribution in [3.8, 4) is 0 Å². The van der Waals surface area contributed by atoms with Crippen LogP contribution in [0.2, 0.25) is 0 Å². The van der Waals surface area contributed by atoms with Gasteiger partial charge in [0.25, 0.3) is 5.91 Å². The molecule has 3 nitrogen and oxygen atoms in total. The van der Waals surface area contributed by atoms with E-state index in [2.05, 4.69) is 33.9 Å². The molecule has 0 spiro atoms. The van der Waals surface area contributed by atoms with Gasteiger partial charge in [-0.2, -0.15) is 0 Å². The number of rotatable bonds is 1. The van der Waals surface area contributed by atoms with Gasteiger partial charge in [-0.15, -0.1) is 0 Å². The summed E-state index contributed by atoms with van der Waals surface area (Å²) < 4.78 is 0.989. The molecule has 0 unspecified atom stereocenters. The van der Waals surface area contributed by atoms with Crippen LogP contribution in [0.3, 0.4) is 0 Å². The molecule has 2 aromatic rings. The minimum Gasteiger partial charge on any atom is -0.353 e. The number of nitrogens with one attached hydrogen (secondary N) is 1. The number of carbonyl (C=O) groups excluding carboxylic acids is 1. The molecule has 1 amide bonds. The maximum Gasteiger partial charge on any atom is 0.254 e. The zero-order valence-electron chi connectivity index (χ0n) is 11.7. The van der Waals surface area contributed by atoms with Crippen LogP contribution in [0.5, 0.6) is 0 Å². The van der Waals surface area contributed by atoms with Crippen LogP contribution < -0.4 is 0 Å². The number of carbonyl (C=O) groups is 1. The number of aryl methyl sites for hydroxylation is 2. The predicted octanol–water partition coefficient (Wildman–Crippen LogP) is 3.59. The van der Waals surface area contributed by atoms with Gasteiger partial charge in [-0.3, -0.25) is 4.79 Å². The Balaban J connectivity index is 1.83. The van der Waals surface area contributed by atoms with Gasteiger partial charge < -0.3 is 9.88 Å². The van der Waals surface area contributed by atoms with Gasteiger partial charge in [0.05, 0.1) is 4.60 Å². The Labute approximate surface area is 127 Å². The van der Waals surface area contributed by atoms with Crippen molar-refractivity contribution < 1.29 is 4.79 Å². The van der Waals surface area contributed by atoms with E-state index in [0.29, 0.717) is 6.54 Å². The van der Waals surface area contributed by atoms with E-state index in [1.807, 2.05) is 30.0 Å². The molecule has 4 heteroatoms. The molecule has 1 aromatic heterocycles. The van der Waals surface area contributed by atoms with E-state index in [-0.39, 0.29) is 5.91 Å². The Hall–Kier alpha value is -1.55. The van der Waals surface area contributed by atoms with E-state index in [4.69, 9.17) is 0 Å². The molecule has 20 heavy (non-hydrogen) atoms. The average molecular weight is 333 g/mol. The van der Waals surface area contributed by atoms with Gasteiger partial charge in [0.1, 0.15) is 0 Å². The number of hydrogen-bond donors (Lipinski definition) is 1. The van der Waals surface area contributed by atoms with Gasteiger partial charge >= 0.3 is 0 Å². The third kappa shape index (κ3) is 2.40. The number of fused-ring (bicyclic) bond motifs is 1. The molecular formula is C16H17BrN2O. The fourth-order valence-electron chi connectivity index (χ4n) is 2.63. The summed E-state index contributed by atoms with van der Waals surface area (Å²) in [7, 11) is 0. The zero-order valence-corrected chi connectivity index (χ0v) is 13.3. The minimum atomic E-state index is 0.121. The van der Waals surface area contributed by atoms with E-state index >= 15 is 0 Å². The van der Waals surface area contributed by atoms with Gasteiger partial charge in [0, 0.05) is 30.8 Å². The average Bonchev–Trinajstić information content (AvgIpc) is 2.80. The number of aromatic nitrogens is 1. The largest absolute Gasteiger partial charge is 0.353 e. The quantitative estimate of drug-likeness (QED) is 0.851. The molecule has 0 radical (unpaired) electrons. The van der Waals surface area contributed by atoms with Crippen molar-refractivity contribution in [3.05, 3.63) is 56.8 Å². The number of H-pyrrole nitrogens is 1. The van der Waals surface area contributed by atoms with Crippen molar-refractivity contribution >= 4 is 21.8 Å². The van der Waals surface area contributed by atoms with Crippen molar-refractivity contribution in [2.75, 3.05) is 6.54 Å². The molecule has 0 bridgehead atoms. The highest BCUT2D eigenvalue weighted by Crippen LogP contribution is 2.24. The molecule has 2 heterocycles. The number of nitrogens with zero attached hydrogens (tertiary/aromatic N) is 1. The molecule has 0 aliphatic carbocycles. The highest BCUT2D eigenvalue weighted by Gasteiger charge is 2.23. The van der Waals surface area contributed by atoms with Crippen LogP contribution in [0.15, 0.2) is 28.9 Å². The molecule has 0 fully saturated rings. The topological polar surface area (TPSA) is 36.1 Å².